The van der Waals surface area contributed by atoms with Crippen molar-refractivity contribution in [2.45, 2.75) is 31.1 Å². The van der Waals surface area contributed by atoms with Gasteiger partial charge in [0.1, 0.15) is 5.82 Å². The third-order valence-electron chi connectivity index (χ3n) is 3.46. The fourth-order valence-electron chi connectivity index (χ4n) is 2.26. The Hall–Kier alpha value is -1.39. The zero-order valence-electron chi connectivity index (χ0n) is 12.9. The molecule has 0 aliphatic carbocycles. The summed E-state index contributed by atoms with van der Waals surface area (Å²) in [6.45, 7) is 5.76. The maximum Gasteiger partial charge on any atom is 0.175 e. The van der Waals surface area contributed by atoms with Gasteiger partial charge in [0, 0.05) is 22.4 Å². The monoisotopic (exact) mass is 340 g/mol. The van der Waals surface area contributed by atoms with Crippen LogP contribution in [-0.4, -0.2) is 14.7 Å². The summed E-state index contributed by atoms with van der Waals surface area (Å²) in [6.07, 6.45) is 1.11. The van der Waals surface area contributed by atoms with Gasteiger partial charge < -0.3 is 0 Å². The van der Waals surface area contributed by atoms with Gasteiger partial charge in [0.2, 0.25) is 0 Å². The van der Waals surface area contributed by atoms with Crippen LogP contribution in [0.3, 0.4) is 0 Å². The first-order chi connectivity index (χ1) is 10.0. The highest BCUT2D eigenvalue weighted by Crippen LogP contribution is 2.36. The van der Waals surface area contributed by atoms with E-state index in [2.05, 4.69) is 0 Å². The fraction of sp³-hybridized carbons (Fsp3) is 0.294. The molecule has 2 aromatic rings. The van der Waals surface area contributed by atoms with Crippen LogP contribution < -0.4 is 0 Å². The summed E-state index contributed by atoms with van der Waals surface area (Å²) >= 11 is 6.16. The van der Waals surface area contributed by atoms with E-state index in [9.17, 15) is 12.8 Å². The molecule has 0 aliphatic rings. The van der Waals surface area contributed by atoms with Crippen LogP contribution >= 0.6 is 11.6 Å². The normalized spacial score (nSPS) is 12.5. The van der Waals surface area contributed by atoms with Crippen LogP contribution in [-0.2, 0) is 15.3 Å². The Bertz CT molecular complexity index is 821. The first-order valence-corrected chi connectivity index (χ1v) is 9.08. The number of sulfone groups is 1. The van der Waals surface area contributed by atoms with Crippen molar-refractivity contribution in [1.29, 1.82) is 0 Å². The molecule has 0 aliphatic heterocycles. The van der Waals surface area contributed by atoms with Crippen molar-refractivity contribution in [3.8, 4) is 11.1 Å². The Balaban J connectivity index is 2.73. The second kappa shape index (κ2) is 5.67. The van der Waals surface area contributed by atoms with Crippen molar-refractivity contribution in [1.82, 2.24) is 0 Å². The van der Waals surface area contributed by atoms with E-state index >= 15 is 0 Å². The van der Waals surface area contributed by atoms with E-state index in [1.165, 1.54) is 18.2 Å². The number of benzene rings is 2. The van der Waals surface area contributed by atoms with Crippen molar-refractivity contribution >= 4 is 21.4 Å². The van der Waals surface area contributed by atoms with Crippen LogP contribution in [0.25, 0.3) is 11.1 Å². The number of halogens is 2. The summed E-state index contributed by atoms with van der Waals surface area (Å²) in [6, 6.07) is 9.42. The van der Waals surface area contributed by atoms with Crippen molar-refractivity contribution in [3.05, 3.63) is 52.8 Å². The molecule has 2 nitrogen and oxygen atoms in total. The van der Waals surface area contributed by atoms with Gasteiger partial charge in [-0.3, -0.25) is 0 Å². The van der Waals surface area contributed by atoms with Crippen LogP contribution in [0.1, 0.15) is 26.3 Å². The predicted molar refractivity (Wildman–Crippen MR) is 88.7 cm³/mol. The Labute approximate surface area is 135 Å². The molecule has 0 aromatic heterocycles. The second-order valence-electron chi connectivity index (χ2n) is 6.33. The standard InChI is InChI=1S/C17H18ClFO2S/c1-17(2,3)14-7-5-6-12(16(14)19)13-10-11(22(4,20)21)8-9-15(13)18/h5-10H,1-4H3. The second-order valence-corrected chi connectivity index (χ2v) is 8.75. The largest absolute Gasteiger partial charge is 0.224 e. The summed E-state index contributed by atoms with van der Waals surface area (Å²) < 4.78 is 38.3. The molecule has 0 spiro atoms. The minimum Gasteiger partial charge on any atom is -0.224 e. The van der Waals surface area contributed by atoms with Crippen molar-refractivity contribution in [2.75, 3.05) is 6.26 Å². The lowest BCUT2D eigenvalue weighted by molar-refractivity contribution is 0.525. The molecule has 0 radical (unpaired) electrons. The van der Waals surface area contributed by atoms with Crippen molar-refractivity contribution in [2.24, 2.45) is 0 Å². The predicted octanol–water partition coefficient (Wildman–Crippen LogP) is 4.85. The Morgan fingerprint density at radius 2 is 1.68 bits per heavy atom. The number of hydrogen-bond donors (Lipinski definition) is 0. The van der Waals surface area contributed by atoms with Gasteiger partial charge in [-0.25, -0.2) is 12.8 Å². The zero-order chi connectivity index (χ0) is 16.7. The van der Waals surface area contributed by atoms with Crippen LogP contribution in [0.4, 0.5) is 4.39 Å². The Morgan fingerprint density at radius 1 is 1.05 bits per heavy atom. The van der Waals surface area contributed by atoms with Crippen LogP contribution in [0.2, 0.25) is 5.02 Å². The lowest BCUT2D eigenvalue weighted by Gasteiger charge is -2.21. The van der Waals surface area contributed by atoms with Crippen LogP contribution in [0.15, 0.2) is 41.3 Å². The number of rotatable bonds is 2. The highest BCUT2D eigenvalue weighted by Gasteiger charge is 2.22. The molecule has 0 fully saturated rings. The lowest BCUT2D eigenvalue weighted by Crippen LogP contribution is -2.14. The van der Waals surface area contributed by atoms with E-state index in [0.29, 0.717) is 21.7 Å². The minimum absolute atomic E-state index is 0.118. The highest BCUT2D eigenvalue weighted by molar-refractivity contribution is 7.90. The zero-order valence-corrected chi connectivity index (χ0v) is 14.5. The van der Waals surface area contributed by atoms with Crippen molar-refractivity contribution in [3.63, 3.8) is 0 Å². The van der Waals surface area contributed by atoms with Crippen LogP contribution in [0, 0.1) is 5.82 Å². The molecular weight excluding hydrogens is 323 g/mol. The molecule has 118 valence electrons. The van der Waals surface area contributed by atoms with E-state index in [-0.39, 0.29) is 16.1 Å². The number of hydrogen-bond acceptors (Lipinski definition) is 2. The topological polar surface area (TPSA) is 34.1 Å². The molecular formula is C17H18ClFO2S. The van der Waals surface area contributed by atoms with E-state index in [0.717, 1.165) is 6.26 Å². The van der Waals surface area contributed by atoms with E-state index < -0.39 is 9.84 Å². The molecule has 0 heterocycles. The average molecular weight is 341 g/mol. The molecule has 0 N–H and O–H groups in total. The van der Waals surface area contributed by atoms with Crippen LogP contribution in [0.5, 0.6) is 0 Å². The average Bonchev–Trinajstić information content (AvgIpc) is 2.37. The van der Waals surface area contributed by atoms with Gasteiger partial charge in [-0.15, -0.1) is 0 Å². The first-order valence-electron chi connectivity index (χ1n) is 6.81. The fourth-order valence-corrected chi connectivity index (χ4v) is 3.13. The summed E-state index contributed by atoms with van der Waals surface area (Å²) in [7, 11) is -3.38. The molecule has 0 bridgehead atoms. The van der Waals surface area contributed by atoms with Gasteiger partial charge in [-0.2, -0.15) is 0 Å². The van der Waals surface area contributed by atoms with Gasteiger partial charge >= 0.3 is 0 Å². The minimum atomic E-state index is -3.38. The van der Waals surface area contributed by atoms with Gasteiger partial charge in [0.25, 0.3) is 0 Å². The van der Waals surface area contributed by atoms with Gasteiger partial charge in [0.05, 0.1) is 4.90 Å². The molecule has 5 heteroatoms. The smallest absolute Gasteiger partial charge is 0.175 e. The summed E-state index contributed by atoms with van der Waals surface area (Å²) in [5.74, 6) is -0.373. The maximum atomic E-state index is 14.9. The Morgan fingerprint density at radius 3 is 2.23 bits per heavy atom. The summed E-state index contributed by atoms with van der Waals surface area (Å²) in [5.41, 5.74) is 0.892. The summed E-state index contributed by atoms with van der Waals surface area (Å²) in [4.78, 5) is 0.118. The van der Waals surface area contributed by atoms with E-state index in [1.807, 2.05) is 20.8 Å². The Kier molecular flexibility index (Phi) is 4.37. The highest BCUT2D eigenvalue weighted by atomic mass is 35.5. The van der Waals surface area contributed by atoms with Gasteiger partial charge in [-0.05, 0) is 29.2 Å². The lowest BCUT2D eigenvalue weighted by atomic mass is 9.85. The van der Waals surface area contributed by atoms with Crippen molar-refractivity contribution < 1.29 is 12.8 Å². The molecule has 2 rings (SSSR count). The van der Waals surface area contributed by atoms with E-state index in [1.54, 1.807) is 18.2 Å². The molecule has 0 amide bonds. The third kappa shape index (κ3) is 3.33. The SMILES string of the molecule is CC(C)(C)c1cccc(-c2cc(S(C)(=O)=O)ccc2Cl)c1F. The maximum absolute atomic E-state index is 14.9. The van der Waals surface area contributed by atoms with Gasteiger partial charge in [-0.1, -0.05) is 50.6 Å². The molecule has 2 aromatic carbocycles. The van der Waals surface area contributed by atoms with E-state index in [4.69, 9.17) is 11.6 Å². The first kappa shape index (κ1) is 17.0. The molecule has 22 heavy (non-hydrogen) atoms. The molecule has 0 saturated carbocycles. The molecule has 0 saturated heterocycles. The third-order valence-corrected chi connectivity index (χ3v) is 4.90. The van der Waals surface area contributed by atoms with Gasteiger partial charge in [0.15, 0.2) is 9.84 Å². The molecule has 0 atom stereocenters. The quantitative estimate of drug-likeness (QED) is 0.783. The molecule has 0 unspecified atom stereocenters. The summed E-state index contributed by atoms with van der Waals surface area (Å²) in [5, 5.41) is 0.317.